The topological polar surface area (TPSA) is 49.4 Å². The fourth-order valence-corrected chi connectivity index (χ4v) is 2.24. The third-order valence-corrected chi connectivity index (χ3v) is 3.15. The predicted octanol–water partition coefficient (Wildman–Crippen LogP) is 0.944. The van der Waals surface area contributed by atoms with Gasteiger partial charge in [-0.1, -0.05) is 6.58 Å². The average molecular weight is 248 g/mol. The summed E-state index contributed by atoms with van der Waals surface area (Å²) >= 11 is 0. The standard InChI is InChI=1S/C10H11F3N2O2/c1-6-5-15-7(16)3-2-4-9(15,10(11,12)13)14-8(6)17/h1-5H2,(H,14,17). The predicted molar refractivity (Wildman–Crippen MR) is 51.6 cm³/mol. The van der Waals surface area contributed by atoms with Gasteiger partial charge in [-0.15, -0.1) is 0 Å². The van der Waals surface area contributed by atoms with Gasteiger partial charge in [0.2, 0.25) is 17.5 Å². The van der Waals surface area contributed by atoms with Gasteiger partial charge >= 0.3 is 6.18 Å². The van der Waals surface area contributed by atoms with Crippen LogP contribution in [0.25, 0.3) is 0 Å². The molecule has 1 N–H and O–H groups in total. The molecule has 94 valence electrons. The van der Waals surface area contributed by atoms with Gasteiger partial charge in [0, 0.05) is 12.0 Å². The van der Waals surface area contributed by atoms with Crippen LogP contribution in [0.5, 0.6) is 0 Å². The molecular weight excluding hydrogens is 237 g/mol. The first-order valence-corrected chi connectivity index (χ1v) is 5.15. The summed E-state index contributed by atoms with van der Waals surface area (Å²) in [6.45, 7) is 3.00. The number of hydrogen-bond donors (Lipinski definition) is 1. The molecule has 1 unspecified atom stereocenters. The van der Waals surface area contributed by atoms with Crippen LogP contribution < -0.4 is 5.32 Å². The van der Waals surface area contributed by atoms with Crippen LogP contribution in [-0.2, 0) is 9.59 Å². The van der Waals surface area contributed by atoms with Gasteiger partial charge in [0.15, 0.2) is 0 Å². The van der Waals surface area contributed by atoms with E-state index in [9.17, 15) is 22.8 Å². The van der Waals surface area contributed by atoms with E-state index in [2.05, 4.69) is 6.58 Å². The molecule has 0 saturated carbocycles. The fourth-order valence-electron chi connectivity index (χ4n) is 2.24. The molecule has 0 bridgehead atoms. The summed E-state index contributed by atoms with van der Waals surface area (Å²) in [5.41, 5.74) is -2.57. The second-order valence-corrected chi connectivity index (χ2v) is 4.25. The molecule has 2 aliphatic rings. The number of nitrogens with zero attached hydrogens (tertiary/aromatic N) is 1. The summed E-state index contributed by atoms with van der Waals surface area (Å²) in [5, 5.41) is 1.89. The van der Waals surface area contributed by atoms with E-state index in [1.165, 1.54) is 0 Å². The van der Waals surface area contributed by atoms with Gasteiger partial charge in [-0.25, -0.2) is 0 Å². The lowest BCUT2D eigenvalue weighted by molar-refractivity contribution is -0.251. The molecule has 1 atom stereocenters. The number of rotatable bonds is 0. The first-order valence-electron chi connectivity index (χ1n) is 5.15. The van der Waals surface area contributed by atoms with Gasteiger partial charge in [0.1, 0.15) is 0 Å². The minimum absolute atomic E-state index is 0.0277. The van der Waals surface area contributed by atoms with Gasteiger partial charge in [-0.05, 0) is 12.8 Å². The molecule has 2 heterocycles. The van der Waals surface area contributed by atoms with E-state index in [4.69, 9.17) is 0 Å². The van der Waals surface area contributed by atoms with E-state index < -0.39 is 23.7 Å². The molecule has 2 aliphatic heterocycles. The monoisotopic (exact) mass is 248 g/mol. The van der Waals surface area contributed by atoms with Crippen molar-refractivity contribution in [3.05, 3.63) is 12.2 Å². The quantitative estimate of drug-likeness (QED) is 0.649. The van der Waals surface area contributed by atoms with Gasteiger partial charge in [0.25, 0.3) is 0 Å². The zero-order valence-electron chi connectivity index (χ0n) is 8.93. The number of carbonyl (C=O) groups excluding carboxylic acids is 2. The lowest BCUT2D eigenvalue weighted by Crippen LogP contribution is -2.74. The number of piperidine rings is 1. The summed E-state index contributed by atoms with van der Waals surface area (Å²) in [6.07, 6.45) is -4.80. The van der Waals surface area contributed by atoms with Gasteiger partial charge in [-0.3, -0.25) is 9.59 Å². The normalized spacial score (nSPS) is 30.1. The highest BCUT2D eigenvalue weighted by atomic mass is 19.4. The SMILES string of the molecule is C=C1CN2C(=O)CCCC2(C(F)(F)F)NC1=O. The molecule has 0 spiro atoms. The Bertz CT molecular complexity index is 405. The average Bonchev–Trinajstić information content (AvgIpc) is 2.20. The zero-order chi connectivity index (χ0) is 12.8. The van der Waals surface area contributed by atoms with Crippen molar-refractivity contribution in [3.63, 3.8) is 0 Å². The fraction of sp³-hybridized carbons (Fsp3) is 0.600. The van der Waals surface area contributed by atoms with Crippen LogP contribution in [0.1, 0.15) is 19.3 Å². The van der Waals surface area contributed by atoms with E-state index in [0.717, 1.165) is 0 Å². The molecule has 7 heteroatoms. The number of alkyl halides is 3. The van der Waals surface area contributed by atoms with Crippen LogP contribution in [0.3, 0.4) is 0 Å². The highest BCUT2D eigenvalue weighted by molar-refractivity contribution is 5.96. The number of carbonyl (C=O) groups is 2. The molecule has 0 aliphatic carbocycles. The van der Waals surface area contributed by atoms with E-state index in [0.29, 0.717) is 4.90 Å². The van der Waals surface area contributed by atoms with Crippen LogP contribution in [0.2, 0.25) is 0 Å². The highest BCUT2D eigenvalue weighted by Crippen LogP contribution is 2.42. The Morgan fingerprint density at radius 3 is 2.59 bits per heavy atom. The summed E-state index contributed by atoms with van der Waals surface area (Å²) in [4.78, 5) is 23.6. The summed E-state index contributed by atoms with van der Waals surface area (Å²) < 4.78 is 39.3. The third kappa shape index (κ3) is 1.60. The maximum atomic E-state index is 13.1. The van der Waals surface area contributed by atoms with E-state index in [1.54, 1.807) is 0 Å². The van der Waals surface area contributed by atoms with Gasteiger partial charge in [-0.2, -0.15) is 13.2 Å². The minimum Gasteiger partial charge on any atom is -0.322 e. The van der Waals surface area contributed by atoms with Crippen LogP contribution in [0.4, 0.5) is 13.2 Å². The zero-order valence-corrected chi connectivity index (χ0v) is 8.93. The lowest BCUT2D eigenvalue weighted by Gasteiger charge is -2.50. The molecular formula is C10H11F3N2O2. The molecule has 0 radical (unpaired) electrons. The van der Waals surface area contributed by atoms with Crippen LogP contribution in [0.15, 0.2) is 12.2 Å². The second-order valence-electron chi connectivity index (χ2n) is 4.25. The molecule has 0 aromatic carbocycles. The van der Waals surface area contributed by atoms with Crippen molar-refractivity contribution in [3.8, 4) is 0 Å². The molecule has 2 saturated heterocycles. The Morgan fingerprint density at radius 2 is 2.00 bits per heavy atom. The van der Waals surface area contributed by atoms with Crippen LogP contribution in [-0.4, -0.2) is 35.1 Å². The van der Waals surface area contributed by atoms with E-state index >= 15 is 0 Å². The highest BCUT2D eigenvalue weighted by Gasteiger charge is 2.63. The Labute approximate surface area is 95.5 Å². The summed E-state index contributed by atoms with van der Waals surface area (Å²) in [6, 6.07) is 0. The number of halogens is 3. The third-order valence-electron chi connectivity index (χ3n) is 3.15. The van der Waals surface area contributed by atoms with Crippen molar-refractivity contribution in [1.29, 1.82) is 0 Å². The number of nitrogens with one attached hydrogen (secondary N) is 1. The van der Waals surface area contributed by atoms with Crippen molar-refractivity contribution < 1.29 is 22.8 Å². The van der Waals surface area contributed by atoms with E-state index in [-0.39, 0.29) is 31.4 Å². The molecule has 4 nitrogen and oxygen atoms in total. The molecule has 17 heavy (non-hydrogen) atoms. The molecule has 2 fully saturated rings. The van der Waals surface area contributed by atoms with Crippen molar-refractivity contribution in [2.24, 2.45) is 0 Å². The number of amides is 2. The van der Waals surface area contributed by atoms with E-state index in [1.807, 2.05) is 5.32 Å². The van der Waals surface area contributed by atoms with Crippen molar-refractivity contribution in [1.82, 2.24) is 10.2 Å². The summed E-state index contributed by atoms with van der Waals surface area (Å²) in [5.74, 6) is -1.44. The minimum atomic E-state index is -4.68. The van der Waals surface area contributed by atoms with Crippen molar-refractivity contribution in [2.75, 3.05) is 6.54 Å². The van der Waals surface area contributed by atoms with Crippen molar-refractivity contribution in [2.45, 2.75) is 31.1 Å². The molecule has 2 rings (SSSR count). The van der Waals surface area contributed by atoms with Crippen LogP contribution >= 0.6 is 0 Å². The van der Waals surface area contributed by atoms with Crippen LogP contribution in [0, 0.1) is 0 Å². The largest absolute Gasteiger partial charge is 0.430 e. The maximum Gasteiger partial charge on any atom is 0.430 e. The summed E-state index contributed by atoms with van der Waals surface area (Å²) in [7, 11) is 0. The Morgan fingerprint density at radius 1 is 1.35 bits per heavy atom. The molecule has 0 aromatic rings. The molecule has 2 amide bonds. The Kier molecular flexibility index (Phi) is 2.44. The maximum absolute atomic E-state index is 13.1. The second kappa shape index (κ2) is 3.48. The smallest absolute Gasteiger partial charge is 0.322 e. The number of hydrogen-bond acceptors (Lipinski definition) is 2. The van der Waals surface area contributed by atoms with Crippen molar-refractivity contribution >= 4 is 11.8 Å². The lowest BCUT2D eigenvalue weighted by atomic mass is 9.90. The Hall–Kier alpha value is -1.53. The number of fused-ring (bicyclic) bond motifs is 1. The van der Waals surface area contributed by atoms with Gasteiger partial charge in [0.05, 0.1) is 6.54 Å². The first kappa shape index (κ1) is 11.9. The Balaban J connectivity index is 2.45. The first-order chi connectivity index (χ1) is 7.78. The van der Waals surface area contributed by atoms with Gasteiger partial charge < -0.3 is 10.2 Å². The molecule has 0 aromatic heterocycles.